The van der Waals surface area contributed by atoms with Crippen molar-refractivity contribution >= 4 is 34.4 Å². The first-order valence-electron chi connectivity index (χ1n) is 10.7. The minimum atomic E-state index is -0.431. The molecule has 1 aromatic heterocycles. The molecule has 2 fully saturated rings. The van der Waals surface area contributed by atoms with Crippen molar-refractivity contribution in [3.8, 4) is 0 Å². The molecule has 7 nitrogen and oxygen atoms in total. The second-order valence-electron chi connectivity index (χ2n) is 8.41. The van der Waals surface area contributed by atoms with E-state index in [-0.39, 0.29) is 12.1 Å². The van der Waals surface area contributed by atoms with Crippen LogP contribution in [0.15, 0.2) is 10.5 Å². The number of fused-ring (bicyclic) bond motifs is 4. The molecule has 0 radical (unpaired) electrons. The number of amides is 2. The van der Waals surface area contributed by atoms with Crippen LogP contribution in [0.5, 0.6) is 0 Å². The second-order valence-corrected chi connectivity index (χ2v) is 8.81. The van der Waals surface area contributed by atoms with Gasteiger partial charge < -0.3 is 25.1 Å². The van der Waals surface area contributed by atoms with Gasteiger partial charge in [0.15, 0.2) is 5.58 Å². The van der Waals surface area contributed by atoms with E-state index in [1.165, 1.54) is 12.8 Å². The van der Waals surface area contributed by atoms with Crippen molar-refractivity contribution in [1.29, 1.82) is 0 Å². The van der Waals surface area contributed by atoms with Crippen LogP contribution in [0, 0.1) is 0 Å². The average Bonchev–Trinajstić information content (AvgIpc) is 3.11. The minimum Gasteiger partial charge on any atom is -0.439 e. The Balaban J connectivity index is 1.45. The Morgan fingerprint density at radius 2 is 2.10 bits per heavy atom. The van der Waals surface area contributed by atoms with Gasteiger partial charge in [-0.15, -0.1) is 0 Å². The Labute approximate surface area is 174 Å². The van der Waals surface area contributed by atoms with Crippen LogP contribution in [0.25, 0.3) is 11.1 Å². The van der Waals surface area contributed by atoms with Crippen molar-refractivity contribution in [2.24, 2.45) is 0 Å². The highest BCUT2D eigenvalue weighted by Crippen LogP contribution is 2.48. The lowest BCUT2D eigenvalue weighted by molar-refractivity contribution is 0.0165. The van der Waals surface area contributed by atoms with E-state index in [1.54, 1.807) is 6.07 Å². The number of carbonyl (C=O) groups excluding carboxylic acids is 1. The largest absolute Gasteiger partial charge is 0.439 e. The van der Waals surface area contributed by atoms with Gasteiger partial charge in [0.1, 0.15) is 5.52 Å². The number of benzene rings is 1. The van der Waals surface area contributed by atoms with Gasteiger partial charge >= 0.3 is 6.03 Å². The zero-order chi connectivity index (χ0) is 19.8. The molecule has 1 aromatic carbocycles. The lowest BCUT2D eigenvalue weighted by Gasteiger charge is -2.42. The van der Waals surface area contributed by atoms with Crippen LogP contribution in [-0.4, -0.2) is 30.3 Å². The molecule has 2 aliphatic heterocycles. The number of oxazole rings is 1. The summed E-state index contributed by atoms with van der Waals surface area (Å²) < 4.78 is 12.0. The zero-order valence-corrected chi connectivity index (χ0v) is 17.2. The monoisotopic (exact) mass is 418 g/mol. The Morgan fingerprint density at radius 3 is 2.90 bits per heavy atom. The Morgan fingerprint density at radius 1 is 1.24 bits per heavy atom. The maximum absolute atomic E-state index is 12.3. The van der Waals surface area contributed by atoms with Crippen molar-refractivity contribution in [2.45, 2.75) is 69.6 Å². The zero-order valence-electron chi connectivity index (χ0n) is 16.5. The first kappa shape index (κ1) is 19.2. The number of urea groups is 1. The molecule has 3 heterocycles. The van der Waals surface area contributed by atoms with E-state index >= 15 is 0 Å². The van der Waals surface area contributed by atoms with Gasteiger partial charge in [0.25, 0.3) is 0 Å². The average molecular weight is 419 g/mol. The number of hydrogen-bond donors (Lipinski definition) is 3. The predicted molar refractivity (Wildman–Crippen MR) is 111 cm³/mol. The highest BCUT2D eigenvalue weighted by molar-refractivity contribution is 6.35. The highest BCUT2D eigenvalue weighted by atomic mass is 35.5. The Hall–Kier alpha value is -1.83. The van der Waals surface area contributed by atoms with E-state index in [4.69, 9.17) is 20.8 Å². The lowest BCUT2D eigenvalue weighted by atomic mass is 9.74. The third-order valence-electron chi connectivity index (χ3n) is 6.38. The molecule has 5 rings (SSSR count). The van der Waals surface area contributed by atoms with E-state index in [0.717, 1.165) is 68.3 Å². The number of nitrogens with one attached hydrogen (secondary N) is 3. The normalized spacial score (nSPS) is 23.6. The van der Waals surface area contributed by atoms with E-state index in [1.807, 2.05) is 0 Å². The number of hydrogen-bond acceptors (Lipinski definition) is 5. The van der Waals surface area contributed by atoms with E-state index in [9.17, 15) is 4.79 Å². The number of ether oxygens (including phenoxy) is 1. The standard InChI is InChI=1S/C21H27ClN4O3/c22-14-10-15-19(29-16(24-15)12-23-11-13-6-2-5-9-28-13)17-18(14)25-20(27)26-21(17)7-3-1-4-8-21/h10,13,23H,1-9,11-12H2,(H2,25,26,27). The van der Waals surface area contributed by atoms with Gasteiger partial charge in [-0.2, -0.15) is 0 Å². The first-order chi connectivity index (χ1) is 14.1. The summed E-state index contributed by atoms with van der Waals surface area (Å²) in [6.07, 6.45) is 8.82. The molecule has 2 amide bonds. The number of carbonyl (C=O) groups is 1. The summed E-state index contributed by atoms with van der Waals surface area (Å²) in [5.74, 6) is 0.628. The van der Waals surface area contributed by atoms with E-state index in [2.05, 4.69) is 20.9 Å². The molecule has 29 heavy (non-hydrogen) atoms. The van der Waals surface area contributed by atoms with Crippen LogP contribution in [0.2, 0.25) is 5.02 Å². The smallest absolute Gasteiger partial charge is 0.319 e. The summed E-state index contributed by atoms with van der Waals surface area (Å²) in [5.41, 5.74) is 2.65. The summed E-state index contributed by atoms with van der Waals surface area (Å²) in [6, 6.07) is 1.59. The summed E-state index contributed by atoms with van der Waals surface area (Å²) in [4.78, 5) is 17.0. The van der Waals surface area contributed by atoms with Gasteiger partial charge in [-0.3, -0.25) is 0 Å². The fraction of sp³-hybridized carbons (Fsp3) is 0.619. The van der Waals surface area contributed by atoms with Gasteiger partial charge in [-0.25, -0.2) is 9.78 Å². The highest BCUT2D eigenvalue weighted by Gasteiger charge is 2.44. The number of rotatable bonds is 4. The molecule has 8 heteroatoms. The fourth-order valence-electron chi connectivity index (χ4n) is 5.00. The molecule has 3 aliphatic rings. The molecular formula is C21H27ClN4O3. The van der Waals surface area contributed by atoms with Crippen LogP contribution in [-0.2, 0) is 16.8 Å². The van der Waals surface area contributed by atoms with Crippen LogP contribution < -0.4 is 16.0 Å². The number of aromatic nitrogens is 1. The number of anilines is 1. The molecule has 0 bridgehead atoms. The molecule has 1 saturated heterocycles. The first-order valence-corrected chi connectivity index (χ1v) is 11.1. The molecule has 3 N–H and O–H groups in total. The van der Waals surface area contributed by atoms with Crippen LogP contribution >= 0.6 is 11.6 Å². The molecule has 1 atom stereocenters. The summed E-state index contributed by atoms with van der Waals surface area (Å²) in [7, 11) is 0. The SMILES string of the molecule is O=C1Nc2c(Cl)cc3nc(CNCC4CCCCO4)oc3c2C2(CCCCC2)N1. The quantitative estimate of drug-likeness (QED) is 0.683. The van der Waals surface area contributed by atoms with Crippen LogP contribution in [0.1, 0.15) is 62.8 Å². The Bertz CT molecular complexity index is 916. The molecule has 2 aromatic rings. The third-order valence-corrected chi connectivity index (χ3v) is 6.67. The van der Waals surface area contributed by atoms with Gasteiger partial charge in [-0.1, -0.05) is 30.9 Å². The van der Waals surface area contributed by atoms with Crippen molar-refractivity contribution in [2.75, 3.05) is 18.5 Å². The minimum absolute atomic E-state index is 0.200. The number of nitrogens with zero attached hydrogens (tertiary/aromatic N) is 1. The maximum Gasteiger partial charge on any atom is 0.319 e. The van der Waals surface area contributed by atoms with Crippen molar-refractivity contribution < 1.29 is 13.9 Å². The lowest BCUT2D eigenvalue weighted by Crippen LogP contribution is -2.52. The van der Waals surface area contributed by atoms with Gasteiger partial charge in [0, 0.05) is 18.7 Å². The Kier molecular flexibility index (Phi) is 5.14. The van der Waals surface area contributed by atoms with Crippen molar-refractivity contribution in [3.63, 3.8) is 0 Å². The molecule has 1 saturated carbocycles. The predicted octanol–water partition coefficient (Wildman–Crippen LogP) is 4.43. The molecule has 1 unspecified atom stereocenters. The second kappa shape index (κ2) is 7.78. The molecular weight excluding hydrogens is 392 g/mol. The topological polar surface area (TPSA) is 88.4 Å². The van der Waals surface area contributed by atoms with Crippen LogP contribution in [0.4, 0.5) is 10.5 Å². The van der Waals surface area contributed by atoms with E-state index < -0.39 is 5.54 Å². The summed E-state index contributed by atoms with van der Waals surface area (Å²) >= 11 is 6.55. The van der Waals surface area contributed by atoms with E-state index in [0.29, 0.717) is 23.1 Å². The fourth-order valence-corrected chi connectivity index (χ4v) is 5.24. The van der Waals surface area contributed by atoms with Gasteiger partial charge in [0.05, 0.1) is 28.9 Å². The molecule has 156 valence electrons. The van der Waals surface area contributed by atoms with Gasteiger partial charge in [0.2, 0.25) is 5.89 Å². The van der Waals surface area contributed by atoms with Crippen molar-refractivity contribution in [3.05, 3.63) is 22.5 Å². The summed E-state index contributed by atoms with van der Waals surface area (Å²) in [5, 5.41) is 9.97. The van der Waals surface area contributed by atoms with Crippen molar-refractivity contribution in [1.82, 2.24) is 15.6 Å². The van der Waals surface area contributed by atoms with Crippen LogP contribution in [0.3, 0.4) is 0 Å². The third kappa shape index (κ3) is 3.60. The molecule has 1 aliphatic carbocycles. The molecule has 1 spiro atoms. The van der Waals surface area contributed by atoms with Gasteiger partial charge in [-0.05, 0) is 38.2 Å². The number of halogens is 1. The maximum atomic E-state index is 12.3. The summed E-state index contributed by atoms with van der Waals surface area (Å²) in [6.45, 7) is 2.17.